The van der Waals surface area contributed by atoms with E-state index >= 15 is 0 Å². The standard InChI is InChI=1S/C13H18N6OS/c1-9-16-10(8-21-9)7-18-2-4-19(5-3-18)13(20)12-11(14)6-15-17-12/h6,8H,2-5,7,14H2,1H3,(H,15,17). The number of nitrogens with one attached hydrogen (secondary N) is 1. The monoisotopic (exact) mass is 306 g/mol. The summed E-state index contributed by atoms with van der Waals surface area (Å²) in [6.45, 7) is 5.94. The third-order valence-electron chi connectivity index (χ3n) is 3.59. The van der Waals surface area contributed by atoms with E-state index in [1.807, 2.05) is 11.8 Å². The van der Waals surface area contributed by atoms with Gasteiger partial charge in [-0.25, -0.2) is 4.98 Å². The van der Waals surface area contributed by atoms with Crippen LogP contribution in [0, 0.1) is 6.92 Å². The van der Waals surface area contributed by atoms with Crippen molar-refractivity contribution in [3.8, 4) is 0 Å². The van der Waals surface area contributed by atoms with Crippen molar-refractivity contribution in [3.05, 3.63) is 28.0 Å². The number of amides is 1. The van der Waals surface area contributed by atoms with Gasteiger partial charge in [-0.3, -0.25) is 14.8 Å². The summed E-state index contributed by atoms with van der Waals surface area (Å²) in [4.78, 5) is 20.9. The summed E-state index contributed by atoms with van der Waals surface area (Å²) in [6.07, 6.45) is 1.47. The molecule has 3 rings (SSSR count). The fourth-order valence-electron chi connectivity index (χ4n) is 2.44. The van der Waals surface area contributed by atoms with Gasteiger partial charge in [-0.15, -0.1) is 11.3 Å². The molecule has 0 spiro atoms. The molecule has 3 N–H and O–H groups in total. The fourth-order valence-corrected chi connectivity index (χ4v) is 3.05. The van der Waals surface area contributed by atoms with Crippen LogP contribution < -0.4 is 5.73 Å². The summed E-state index contributed by atoms with van der Waals surface area (Å²) in [5.41, 5.74) is 7.62. The maximum absolute atomic E-state index is 12.3. The molecule has 0 atom stereocenters. The molecular weight excluding hydrogens is 288 g/mol. The van der Waals surface area contributed by atoms with E-state index in [4.69, 9.17) is 5.73 Å². The highest BCUT2D eigenvalue weighted by Gasteiger charge is 2.24. The number of aromatic amines is 1. The number of nitrogen functional groups attached to an aromatic ring is 1. The highest BCUT2D eigenvalue weighted by molar-refractivity contribution is 7.09. The minimum absolute atomic E-state index is 0.0749. The molecule has 21 heavy (non-hydrogen) atoms. The summed E-state index contributed by atoms with van der Waals surface area (Å²) in [7, 11) is 0. The van der Waals surface area contributed by atoms with Crippen LogP contribution in [0.1, 0.15) is 21.2 Å². The maximum atomic E-state index is 12.3. The number of anilines is 1. The lowest BCUT2D eigenvalue weighted by atomic mass is 10.2. The Morgan fingerprint density at radius 1 is 1.43 bits per heavy atom. The third kappa shape index (κ3) is 3.06. The molecule has 7 nitrogen and oxygen atoms in total. The van der Waals surface area contributed by atoms with Crippen LogP contribution in [-0.2, 0) is 6.54 Å². The Morgan fingerprint density at radius 3 is 2.76 bits per heavy atom. The summed E-state index contributed by atoms with van der Waals surface area (Å²) >= 11 is 1.67. The topological polar surface area (TPSA) is 91.1 Å². The molecule has 2 aromatic rings. The van der Waals surface area contributed by atoms with Crippen molar-refractivity contribution in [2.24, 2.45) is 0 Å². The lowest BCUT2D eigenvalue weighted by Gasteiger charge is -2.34. The highest BCUT2D eigenvalue weighted by Crippen LogP contribution is 2.15. The van der Waals surface area contributed by atoms with Crippen LogP contribution in [0.4, 0.5) is 5.69 Å². The van der Waals surface area contributed by atoms with Gasteiger partial charge in [-0.1, -0.05) is 0 Å². The second-order valence-corrected chi connectivity index (χ2v) is 6.19. The Balaban J connectivity index is 1.55. The highest BCUT2D eigenvalue weighted by atomic mass is 32.1. The van der Waals surface area contributed by atoms with E-state index in [1.54, 1.807) is 11.3 Å². The van der Waals surface area contributed by atoms with E-state index in [0.717, 1.165) is 30.3 Å². The molecule has 0 aliphatic carbocycles. The summed E-state index contributed by atoms with van der Waals surface area (Å²) in [5, 5.41) is 9.65. The molecule has 0 unspecified atom stereocenters. The molecular formula is C13H18N6OS. The second kappa shape index (κ2) is 5.82. The zero-order valence-electron chi connectivity index (χ0n) is 11.9. The van der Waals surface area contributed by atoms with E-state index < -0.39 is 0 Å². The Morgan fingerprint density at radius 2 is 2.19 bits per heavy atom. The number of carbonyl (C=O) groups is 1. The number of aromatic nitrogens is 3. The number of nitrogens with zero attached hydrogens (tertiary/aromatic N) is 4. The Bertz CT molecular complexity index is 628. The molecule has 3 heterocycles. The van der Waals surface area contributed by atoms with Crippen LogP contribution in [0.3, 0.4) is 0 Å². The number of carbonyl (C=O) groups excluding carboxylic acids is 1. The molecule has 0 aromatic carbocycles. The van der Waals surface area contributed by atoms with E-state index in [9.17, 15) is 4.79 Å². The van der Waals surface area contributed by atoms with Crippen LogP contribution in [0.5, 0.6) is 0 Å². The first kappa shape index (κ1) is 14.0. The van der Waals surface area contributed by atoms with Gasteiger partial charge in [0.05, 0.1) is 22.6 Å². The molecule has 1 aliphatic rings. The number of H-pyrrole nitrogens is 1. The van der Waals surface area contributed by atoms with Crippen molar-refractivity contribution in [1.29, 1.82) is 0 Å². The number of aryl methyl sites for hydroxylation is 1. The predicted molar refractivity (Wildman–Crippen MR) is 81.0 cm³/mol. The molecule has 2 aromatic heterocycles. The fraction of sp³-hybridized carbons (Fsp3) is 0.462. The number of nitrogens with two attached hydrogens (primary N) is 1. The maximum Gasteiger partial charge on any atom is 0.274 e. The van der Waals surface area contributed by atoms with E-state index in [0.29, 0.717) is 24.5 Å². The second-order valence-electron chi connectivity index (χ2n) is 5.13. The van der Waals surface area contributed by atoms with Gasteiger partial charge in [-0.05, 0) is 6.92 Å². The average Bonchev–Trinajstić information content (AvgIpc) is 3.08. The van der Waals surface area contributed by atoms with Crippen molar-refractivity contribution < 1.29 is 4.79 Å². The molecule has 8 heteroatoms. The van der Waals surface area contributed by atoms with Gasteiger partial charge in [-0.2, -0.15) is 5.10 Å². The molecule has 1 fully saturated rings. The molecule has 0 radical (unpaired) electrons. The number of hydrogen-bond donors (Lipinski definition) is 2. The van der Waals surface area contributed by atoms with E-state index in [2.05, 4.69) is 25.5 Å². The molecule has 1 aliphatic heterocycles. The number of piperazine rings is 1. The summed E-state index contributed by atoms with van der Waals surface area (Å²) in [5.74, 6) is -0.0749. The van der Waals surface area contributed by atoms with Crippen LogP contribution in [0.15, 0.2) is 11.6 Å². The summed E-state index contributed by atoms with van der Waals surface area (Å²) < 4.78 is 0. The van der Waals surface area contributed by atoms with Gasteiger partial charge in [0.15, 0.2) is 0 Å². The van der Waals surface area contributed by atoms with Crippen LogP contribution in [-0.4, -0.2) is 57.1 Å². The number of rotatable bonds is 3. The van der Waals surface area contributed by atoms with Crippen molar-refractivity contribution in [2.45, 2.75) is 13.5 Å². The van der Waals surface area contributed by atoms with Gasteiger partial charge in [0.2, 0.25) is 0 Å². The normalized spacial score (nSPS) is 16.3. The minimum atomic E-state index is -0.0749. The lowest BCUT2D eigenvalue weighted by Crippen LogP contribution is -2.48. The molecule has 1 saturated heterocycles. The van der Waals surface area contributed by atoms with Gasteiger partial charge in [0.25, 0.3) is 5.91 Å². The smallest absolute Gasteiger partial charge is 0.274 e. The van der Waals surface area contributed by atoms with Crippen molar-refractivity contribution in [3.63, 3.8) is 0 Å². The predicted octanol–water partition coefficient (Wildman–Crippen LogP) is 0.715. The van der Waals surface area contributed by atoms with E-state index in [-0.39, 0.29) is 5.91 Å². The van der Waals surface area contributed by atoms with Crippen molar-refractivity contribution in [2.75, 3.05) is 31.9 Å². The first-order valence-electron chi connectivity index (χ1n) is 6.85. The van der Waals surface area contributed by atoms with Crippen LogP contribution in [0.2, 0.25) is 0 Å². The minimum Gasteiger partial charge on any atom is -0.396 e. The molecule has 112 valence electrons. The first-order valence-corrected chi connectivity index (χ1v) is 7.73. The van der Waals surface area contributed by atoms with Gasteiger partial charge in [0, 0.05) is 38.1 Å². The third-order valence-corrected chi connectivity index (χ3v) is 4.42. The van der Waals surface area contributed by atoms with Gasteiger partial charge < -0.3 is 10.6 Å². The van der Waals surface area contributed by atoms with Crippen LogP contribution in [0.25, 0.3) is 0 Å². The van der Waals surface area contributed by atoms with Crippen molar-refractivity contribution >= 4 is 22.9 Å². The quantitative estimate of drug-likeness (QED) is 0.871. The molecule has 1 amide bonds. The Labute approximate surface area is 126 Å². The molecule has 0 bridgehead atoms. The SMILES string of the molecule is Cc1nc(CN2CCN(C(=O)c3[nH]ncc3N)CC2)cs1. The summed E-state index contributed by atoms with van der Waals surface area (Å²) in [6, 6.07) is 0. The molecule has 0 saturated carbocycles. The van der Waals surface area contributed by atoms with Gasteiger partial charge in [0.1, 0.15) is 5.69 Å². The zero-order valence-corrected chi connectivity index (χ0v) is 12.7. The lowest BCUT2D eigenvalue weighted by molar-refractivity contribution is 0.0622. The van der Waals surface area contributed by atoms with Crippen molar-refractivity contribution in [1.82, 2.24) is 25.0 Å². The largest absolute Gasteiger partial charge is 0.396 e. The Kier molecular flexibility index (Phi) is 3.89. The van der Waals surface area contributed by atoms with E-state index in [1.165, 1.54) is 6.20 Å². The zero-order chi connectivity index (χ0) is 14.8. The number of hydrogen-bond acceptors (Lipinski definition) is 6. The van der Waals surface area contributed by atoms with Gasteiger partial charge >= 0.3 is 0 Å². The average molecular weight is 306 g/mol. The first-order chi connectivity index (χ1) is 10.1. The Hall–Kier alpha value is -1.93. The number of thiazole rings is 1. The van der Waals surface area contributed by atoms with Crippen LogP contribution >= 0.6 is 11.3 Å².